The maximum Gasteiger partial charge on any atom is 0.238 e. The Balaban J connectivity index is 1.14. The third-order valence-corrected chi connectivity index (χ3v) is 8.41. The average Bonchev–Trinajstić information content (AvgIpc) is 3.43. The highest BCUT2D eigenvalue weighted by atomic mass is 32.2. The molecular weight excluding hydrogens is 502 g/mol. The standard InChI is InChI=1S/C30H32F2N4OS/c1-20-2-3-24(18-34-20)30-35-27(19-38-30)29(37)33-14-17-36-15-12-23(13-16-36)28(21-4-8-25(31)9-5-21)22-6-10-26(32)11-7-22/h2-11,18,27,30,35H,12-17,19H2,1H3,(H,33,37). The summed E-state index contributed by atoms with van der Waals surface area (Å²) in [5.41, 5.74) is 6.29. The van der Waals surface area contributed by atoms with Crippen LogP contribution in [0.5, 0.6) is 0 Å². The number of nitrogens with zero attached hydrogens (tertiary/aromatic N) is 2. The van der Waals surface area contributed by atoms with E-state index >= 15 is 0 Å². The number of carbonyl (C=O) groups excluding carboxylic acids is 1. The zero-order valence-electron chi connectivity index (χ0n) is 21.4. The molecule has 2 fully saturated rings. The molecule has 2 N–H and O–H groups in total. The quantitative estimate of drug-likeness (QED) is 0.443. The molecule has 0 spiro atoms. The summed E-state index contributed by atoms with van der Waals surface area (Å²) < 4.78 is 27.1. The molecule has 2 aliphatic rings. The Kier molecular flexibility index (Phi) is 8.51. The highest BCUT2D eigenvalue weighted by Crippen LogP contribution is 2.33. The number of amides is 1. The van der Waals surface area contributed by atoms with E-state index in [0.717, 1.165) is 66.2 Å². The number of halogens is 2. The lowest BCUT2D eigenvalue weighted by atomic mass is 9.88. The van der Waals surface area contributed by atoms with Crippen LogP contribution >= 0.6 is 11.8 Å². The molecule has 0 radical (unpaired) electrons. The Labute approximate surface area is 226 Å². The number of piperidine rings is 1. The number of benzene rings is 2. The first kappa shape index (κ1) is 26.5. The number of rotatable bonds is 7. The van der Waals surface area contributed by atoms with Gasteiger partial charge in [-0.25, -0.2) is 8.78 Å². The van der Waals surface area contributed by atoms with Crippen LogP contribution in [-0.2, 0) is 4.79 Å². The van der Waals surface area contributed by atoms with Crippen LogP contribution in [0, 0.1) is 18.6 Å². The summed E-state index contributed by atoms with van der Waals surface area (Å²) in [7, 11) is 0. The summed E-state index contributed by atoms with van der Waals surface area (Å²) in [5, 5.41) is 6.60. The van der Waals surface area contributed by atoms with Gasteiger partial charge in [-0.1, -0.05) is 35.9 Å². The number of hydrogen-bond donors (Lipinski definition) is 2. The highest BCUT2D eigenvalue weighted by molar-refractivity contribution is 7.99. The summed E-state index contributed by atoms with van der Waals surface area (Å²) in [5.74, 6) is 0.219. The van der Waals surface area contributed by atoms with E-state index in [2.05, 4.69) is 26.6 Å². The Bertz CT molecular complexity index is 1220. The summed E-state index contributed by atoms with van der Waals surface area (Å²) >= 11 is 1.73. The molecule has 3 aromatic rings. The number of aromatic nitrogens is 1. The predicted molar refractivity (Wildman–Crippen MR) is 149 cm³/mol. The maximum atomic E-state index is 13.6. The van der Waals surface area contributed by atoms with E-state index in [1.54, 1.807) is 36.0 Å². The first-order valence-corrected chi connectivity index (χ1v) is 14.1. The number of pyridine rings is 1. The number of thioether (sulfide) groups is 1. The van der Waals surface area contributed by atoms with Crippen LogP contribution < -0.4 is 10.6 Å². The smallest absolute Gasteiger partial charge is 0.238 e. The van der Waals surface area contributed by atoms with Crippen LogP contribution in [0.4, 0.5) is 8.78 Å². The number of carbonyl (C=O) groups is 1. The van der Waals surface area contributed by atoms with Gasteiger partial charge < -0.3 is 10.2 Å². The van der Waals surface area contributed by atoms with Crippen molar-refractivity contribution in [1.29, 1.82) is 0 Å². The van der Waals surface area contributed by atoms with Gasteiger partial charge in [0.25, 0.3) is 0 Å². The van der Waals surface area contributed by atoms with Gasteiger partial charge in [-0.15, -0.1) is 11.8 Å². The van der Waals surface area contributed by atoms with Crippen molar-refractivity contribution in [2.45, 2.75) is 31.2 Å². The topological polar surface area (TPSA) is 57.3 Å². The van der Waals surface area contributed by atoms with Gasteiger partial charge in [0.05, 0.1) is 11.4 Å². The van der Waals surface area contributed by atoms with Gasteiger partial charge in [0, 0.05) is 43.8 Å². The Morgan fingerprint density at radius 1 is 1.00 bits per heavy atom. The molecule has 38 heavy (non-hydrogen) atoms. The number of hydrogen-bond acceptors (Lipinski definition) is 5. The van der Waals surface area contributed by atoms with Gasteiger partial charge >= 0.3 is 0 Å². The first-order chi connectivity index (χ1) is 18.5. The first-order valence-electron chi connectivity index (χ1n) is 13.0. The van der Waals surface area contributed by atoms with Crippen molar-refractivity contribution in [3.05, 3.63) is 106 Å². The summed E-state index contributed by atoms with van der Waals surface area (Å²) in [6.07, 6.45) is 3.60. The molecule has 1 amide bonds. The molecule has 5 nitrogen and oxygen atoms in total. The molecule has 2 aliphatic heterocycles. The Hall–Kier alpha value is -3.07. The van der Waals surface area contributed by atoms with Crippen molar-refractivity contribution in [3.63, 3.8) is 0 Å². The highest BCUT2D eigenvalue weighted by Gasteiger charge is 2.30. The summed E-state index contributed by atoms with van der Waals surface area (Å²) in [6.45, 7) is 5.09. The van der Waals surface area contributed by atoms with Crippen molar-refractivity contribution in [2.24, 2.45) is 0 Å². The molecule has 2 unspecified atom stereocenters. The van der Waals surface area contributed by atoms with Crippen LogP contribution in [0.1, 0.15) is 40.6 Å². The van der Waals surface area contributed by atoms with E-state index in [-0.39, 0.29) is 29.0 Å². The van der Waals surface area contributed by atoms with Crippen molar-refractivity contribution >= 4 is 23.2 Å². The fourth-order valence-corrected chi connectivity index (χ4v) is 6.24. The average molecular weight is 535 g/mol. The van der Waals surface area contributed by atoms with E-state index in [9.17, 15) is 13.6 Å². The minimum absolute atomic E-state index is 0.0348. The SMILES string of the molecule is Cc1ccc(C2NC(C(=O)NCCN3CCC(=C(c4ccc(F)cc4)c4ccc(F)cc4)CC3)CS2)cn1. The Morgan fingerprint density at radius 3 is 2.21 bits per heavy atom. The van der Waals surface area contributed by atoms with Crippen molar-refractivity contribution < 1.29 is 13.6 Å². The van der Waals surface area contributed by atoms with Crippen LogP contribution in [-0.4, -0.2) is 53.8 Å². The van der Waals surface area contributed by atoms with E-state index in [0.29, 0.717) is 6.54 Å². The van der Waals surface area contributed by atoms with E-state index in [1.807, 2.05) is 19.2 Å². The van der Waals surface area contributed by atoms with E-state index in [4.69, 9.17) is 0 Å². The number of likely N-dealkylation sites (tertiary alicyclic amines) is 1. The molecular formula is C30H32F2N4OS. The van der Waals surface area contributed by atoms with E-state index < -0.39 is 0 Å². The molecule has 1 aromatic heterocycles. The molecule has 8 heteroatoms. The second-order valence-corrected chi connectivity index (χ2v) is 10.9. The molecule has 2 aromatic carbocycles. The molecule has 2 saturated heterocycles. The second-order valence-electron chi connectivity index (χ2n) is 9.79. The molecule has 5 rings (SSSR count). The normalized spacial score (nSPS) is 19.9. The second kappa shape index (κ2) is 12.2. The van der Waals surface area contributed by atoms with Gasteiger partial charge in [0.1, 0.15) is 11.6 Å². The van der Waals surface area contributed by atoms with Crippen molar-refractivity contribution in [2.75, 3.05) is 31.9 Å². The zero-order chi connectivity index (χ0) is 26.5. The molecule has 2 atom stereocenters. The van der Waals surface area contributed by atoms with Crippen LogP contribution in [0.2, 0.25) is 0 Å². The zero-order valence-corrected chi connectivity index (χ0v) is 22.2. The molecule has 3 heterocycles. The van der Waals surface area contributed by atoms with Gasteiger partial charge in [-0.3, -0.25) is 15.1 Å². The van der Waals surface area contributed by atoms with Gasteiger partial charge in [0.15, 0.2) is 0 Å². The minimum Gasteiger partial charge on any atom is -0.353 e. The maximum absolute atomic E-state index is 13.6. The van der Waals surface area contributed by atoms with E-state index in [1.165, 1.54) is 29.8 Å². The lowest BCUT2D eigenvalue weighted by Gasteiger charge is -2.30. The van der Waals surface area contributed by atoms with Crippen molar-refractivity contribution in [3.8, 4) is 0 Å². The number of nitrogens with one attached hydrogen (secondary N) is 2. The fraction of sp³-hybridized carbons (Fsp3) is 0.333. The monoisotopic (exact) mass is 534 g/mol. The molecule has 0 saturated carbocycles. The Morgan fingerprint density at radius 2 is 1.63 bits per heavy atom. The van der Waals surface area contributed by atoms with Crippen LogP contribution in [0.15, 0.2) is 72.4 Å². The third-order valence-electron chi connectivity index (χ3n) is 7.14. The van der Waals surface area contributed by atoms with Crippen LogP contribution in [0.25, 0.3) is 5.57 Å². The van der Waals surface area contributed by atoms with Gasteiger partial charge in [-0.05, 0) is 72.4 Å². The summed E-state index contributed by atoms with van der Waals surface area (Å²) in [6, 6.07) is 16.9. The lowest BCUT2D eigenvalue weighted by Crippen LogP contribution is -2.45. The largest absolute Gasteiger partial charge is 0.353 e. The third kappa shape index (κ3) is 6.49. The molecule has 198 valence electrons. The lowest BCUT2D eigenvalue weighted by molar-refractivity contribution is -0.122. The fourth-order valence-electron chi connectivity index (χ4n) is 5.01. The summed E-state index contributed by atoms with van der Waals surface area (Å²) in [4.78, 5) is 19.5. The van der Waals surface area contributed by atoms with Crippen LogP contribution in [0.3, 0.4) is 0 Å². The van der Waals surface area contributed by atoms with Gasteiger partial charge in [0.2, 0.25) is 5.91 Å². The predicted octanol–water partition coefficient (Wildman–Crippen LogP) is 5.09. The molecule has 0 aliphatic carbocycles. The van der Waals surface area contributed by atoms with Crippen molar-refractivity contribution in [1.82, 2.24) is 20.5 Å². The number of aryl methyl sites for hydroxylation is 1. The van der Waals surface area contributed by atoms with Gasteiger partial charge in [-0.2, -0.15) is 0 Å². The minimum atomic E-state index is -0.275. The molecule has 0 bridgehead atoms.